The molecular weight excluding hydrogens is 261 g/mol. The highest BCUT2D eigenvalue weighted by atomic mass is 16.5. The molecule has 0 saturated heterocycles. The van der Waals surface area contributed by atoms with E-state index in [2.05, 4.69) is 4.98 Å². The lowest BCUT2D eigenvalue weighted by Gasteiger charge is -2.38. The highest BCUT2D eigenvalue weighted by molar-refractivity contribution is 6.60. The van der Waals surface area contributed by atoms with E-state index in [9.17, 15) is 10.1 Å². The molecule has 20 heavy (non-hydrogen) atoms. The van der Waals surface area contributed by atoms with Crippen LogP contribution in [0.3, 0.4) is 0 Å². The number of aliphatic hydroxyl groups is 1. The van der Waals surface area contributed by atoms with Gasteiger partial charge in [0.1, 0.15) is 0 Å². The van der Waals surface area contributed by atoms with Gasteiger partial charge in [0.15, 0.2) is 5.75 Å². The van der Waals surface area contributed by atoms with E-state index in [1.807, 2.05) is 0 Å². The van der Waals surface area contributed by atoms with E-state index in [4.69, 9.17) is 14.1 Å². The quantitative estimate of drug-likeness (QED) is 0.733. The Bertz CT molecular complexity index is 459. The molecule has 1 rings (SSSR count). The van der Waals surface area contributed by atoms with Crippen LogP contribution in [-0.4, -0.2) is 47.7 Å². The second-order valence-electron chi connectivity index (χ2n) is 5.52. The van der Waals surface area contributed by atoms with Crippen LogP contribution in [-0.2, 0) is 4.65 Å². The predicted octanol–water partition coefficient (Wildman–Crippen LogP) is 0.352. The summed E-state index contributed by atoms with van der Waals surface area (Å²) in [6.07, 6.45) is 1.44. The Kier molecular flexibility index (Phi) is 5.02. The molecule has 1 aromatic heterocycles. The number of hydrogen-bond donors (Lipinski definition) is 2. The molecule has 0 radical (unpaired) electrons. The molecule has 0 atom stereocenters. The van der Waals surface area contributed by atoms with Crippen LogP contribution >= 0.6 is 0 Å². The largest absolute Gasteiger partial charge is 0.493 e. The summed E-state index contributed by atoms with van der Waals surface area (Å²) in [5.41, 5.74) is -1.64. The number of ether oxygens (including phenoxy) is 2. The molecule has 0 amide bonds. The summed E-state index contributed by atoms with van der Waals surface area (Å²) >= 11 is 0. The SMILES string of the molecule is COc1cc(B(O)OC(C)(C)C(C)(C)O)cnc1OC. The van der Waals surface area contributed by atoms with E-state index < -0.39 is 18.3 Å². The van der Waals surface area contributed by atoms with Gasteiger partial charge < -0.3 is 24.3 Å². The van der Waals surface area contributed by atoms with E-state index in [0.717, 1.165) is 0 Å². The van der Waals surface area contributed by atoms with E-state index in [1.165, 1.54) is 20.4 Å². The molecular formula is C13H22BNO5. The zero-order valence-corrected chi connectivity index (χ0v) is 12.8. The first-order valence-electron chi connectivity index (χ1n) is 6.28. The van der Waals surface area contributed by atoms with Gasteiger partial charge in [-0.05, 0) is 33.8 Å². The average Bonchev–Trinajstić information content (AvgIpc) is 2.35. The molecule has 0 fully saturated rings. The number of nitrogens with zero attached hydrogens (tertiary/aromatic N) is 1. The van der Waals surface area contributed by atoms with Gasteiger partial charge in [-0.1, -0.05) is 0 Å². The Hall–Kier alpha value is -1.31. The molecule has 0 bridgehead atoms. The first kappa shape index (κ1) is 16.7. The van der Waals surface area contributed by atoms with Crippen molar-refractivity contribution in [3.05, 3.63) is 12.3 Å². The molecule has 2 N–H and O–H groups in total. The Morgan fingerprint density at radius 3 is 2.20 bits per heavy atom. The van der Waals surface area contributed by atoms with Gasteiger partial charge >= 0.3 is 7.12 Å². The standard InChI is InChI=1S/C13H22BNO5/c1-12(2,16)13(3,4)20-14(17)9-7-10(18-5)11(19-6)15-8-9/h7-8,16-17H,1-6H3. The zero-order valence-electron chi connectivity index (χ0n) is 12.8. The van der Waals surface area contributed by atoms with Crippen LogP contribution in [0.15, 0.2) is 12.3 Å². The van der Waals surface area contributed by atoms with Crippen LogP contribution < -0.4 is 14.9 Å². The van der Waals surface area contributed by atoms with Gasteiger partial charge in [0.2, 0.25) is 0 Å². The van der Waals surface area contributed by atoms with Gasteiger partial charge in [-0.2, -0.15) is 0 Å². The van der Waals surface area contributed by atoms with Gasteiger partial charge in [-0.3, -0.25) is 0 Å². The fourth-order valence-electron chi connectivity index (χ4n) is 1.37. The predicted molar refractivity (Wildman–Crippen MR) is 76.4 cm³/mol. The molecule has 1 heterocycles. The van der Waals surface area contributed by atoms with Gasteiger partial charge in [0.25, 0.3) is 5.88 Å². The number of aromatic nitrogens is 1. The Labute approximate surface area is 119 Å². The first-order valence-corrected chi connectivity index (χ1v) is 6.28. The summed E-state index contributed by atoms with van der Waals surface area (Å²) in [6.45, 7) is 6.63. The monoisotopic (exact) mass is 283 g/mol. The zero-order chi connectivity index (χ0) is 15.6. The summed E-state index contributed by atoms with van der Waals surface area (Å²) in [5, 5.41) is 20.2. The molecule has 0 aliphatic rings. The van der Waals surface area contributed by atoms with Crippen molar-refractivity contribution in [2.75, 3.05) is 14.2 Å². The highest BCUT2D eigenvalue weighted by Gasteiger charge is 2.39. The molecule has 0 aromatic carbocycles. The van der Waals surface area contributed by atoms with Crippen molar-refractivity contribution >= 4 is 12.6 Å². The summed E-state index contributed by atoms with van der Waals surface area (Å²) in [4.78, 5) is 4.03. The maximum Gasteiger partial charge on any atom is 0.493 e. The molecule has 0 saturated carbocycles. The minimum atomic E-state index is -1.23. The van der Waals surface area contributed by atoms with Crippen LogP contribution in [0.1, 0.15) is 27.7 Å². The number of hydrogen-bond acceptors (Lipinski definition) is 6. The number of pyridine rings is 1. The number of methoxy groups -OCH3 is 2. The molecule has 6 nitrogen and oxygen atoms in total. The Morgan fingerprint density at radius 1 is 1.15 bits per heavy atom. The van der Waals surface area contributed by atoms with Crippen molar-refractivity contribution in [2.24, 2.45) is 0 Å². The van der Waals surface area contributed by atoms with E-state index in [1.54, 1.807) is 33.8 Å². The summed E-state index contributed by atoms with van der Waals surface area (Å²) in [5.74, 6) is 0.721. The second kappa shape index (κ2) is 5.99. The fourth-order valence-corrected chi connectivity index (χ4v) is 1.37. The smallest absolute Gasteiger partial charge is 0.491 e. The topological polar surface area (TPSA) is 81.0 Å². The first-order chi connectivity index (χ1) is 9.12. The summed E-state index contributed by atoms with van der Waals surface area (Å²) < 4.78 is 15.7. The maximum absolute atomic E-state index is 10.1. The molecule has 1 aromatic rings. The average molecular weight is 283 g/mol. The van der Waals surface area contributed by atoms with Gasteiger partial charge in [0.05, 0.1) is 25.4 Å². The van der Waals surface area contributed by atoms with Crippen LogP contribution in [0.5, 0.6) is 11.6 Å². The third-order valence-electron chi connectivity index (χ3n) is 3.42. The molecule has 0 spiro atoms. The van der Waals surface area contributed by atoms with Crippen LogP contribution in [0.4, 0.5) is 0 Å². The molecule has 0 aliphatic heterocycles. The van der Waals surface area contributed by atoms with Crippen LogP contribution in [0, 0.1) is 0 Å². The number of rotatable bonds is 6. The third kappa shape index (κ3) is 3.62. The Morgan fingerprint density at radius 2 is 1.75 bits per heavy atom. The lowest BCUT2D eigenvalue weighted by atomic mass is 9.77. The fraction of sp³-hybridized carbons (Fsp3) is 0.615. The lowest BCUT2D eigenvalue weighted by Crippen LogP contribution is -2.53. The van der Waals surface area contributed by atoms with Gasteiger partial charge in [-0.25, -0.2) is 4.98 Å². The molecule has 0 unspecified atom stereocenters. The maximum atomic E-state index is 10.1. The van der Waals surface area contributed by atoms with Crippen molar-refractivity contribution in [1.82, 2.24) is 4.98 Å². The minimum absolute atomic E-state index is 0.324. The van der Waals surface area contributed by atoms with E-state index in [-0.39, 0.29) is 0 Å². The van der Waals surface area contributed by atoms with Crippen molar-refractivity contribution in [2.45, 2.75) is 38.9 Å². The molecule has 0 aliphatic carbocycles. The lowest BCUT2D eigenvalue weighted by molar-refractivity contribution is -0.0982. The highest BCUT2D eigenvalue weighted by Crippen LogP contribution is 2.26. The minimum Gasteiger partial charge on any atom is -0.491 e. The normalized spacial score (nSPS) is 12.2. The van der Waals surface area contributed by atoms with Crippen LogP contribution in [0.25, 0.3) is 0 Å². The summed E-state index contributed by atoms with van der Waals surface area (Å²) in [6, 6.07) is 1.58. The van der Waals surface area contributed by atoms with Crippen molar-refractivity contribution in [1.29, 1.82) is 0 Å². The molecule has 7 heteroatoms. The van der Waals surface area contributed by atoms with Gasteiger partial charge in [-0.15, -0.1) is 0 Å². The summed E-state index contributed by atoms with van der Waals surface area (Å²) in [7, 11) is 1.73. The van der Waals surface area contributed by atoms with E-state index >= 15 is 0 Å². The van der Waals surface area contributed by atoms with Crippen molar-refractivity contribution in [3.63, 3.8) is 0 Å². The van der Waals surface area contributed by atoms with Crippen molar-refractivity contribution < 1.29 is 24.3 Å². The van der Waals surface area contributed by atoms with Crippen LogP contribution in [0.2, 0.25) is 0 Å². The second-order valence-corrected chi connectivity index (χ2v) is 5.52. The Balaban J connectivity index is 2.96. The van der Waals surface area contributed by atoms with Gasteiger partial charge in [0, 0.05) is 11.7 Å². The van der Waals surface area contributed by atoms with E-state index in [0.29, 0.717) is 17.1 Å². The third-order valence-corrected chi connectivity index (χ3v) is 3.42. The van der Waals surface area contributed by atoms with Crippen molar-refractivity contribution in [3.8, 4) is 11.6 Å². The molecule has 112 valence electrons.